The Labute approximate surface area is 137 Å². The number of nitriles is 1. The Morgan fingerprint density at radius 3 is 2.35 bits per heavy atom. The summed E-state index contributed by atoms with van der Waals surface area (Å²) >= 11 is 0. The van der Waals surface area contributed by atoms with E-state index in [2.05, 4.69) is 5.32 Å². The molecule has 2 amide bonds. The maximum Gasteiger partial charge on any atom is 0.239 e. The highest BCUT2D eigenvalue weighted by Crippen LogP contribution is 2.25. The average Bonchev–Trinajstić information content (AvgIpc) is 2.83. The van der Waals surface area contributed by atoms with Gasteiger partial charge in [0.15, 0.2) is 0 Å². The molecule has 0 unspecified atom stereocenters. The Morgan fingerprint density at radius 1 is 1.13 bits per heavy atom. The van der Waals surface area contributed by atoms with Gasteiger partial charge in [-0.2, -0.15) is 5.26 Å². The molecule has 1 aliphatic rings. The number of nitrogens with one attached hydrogen (secondary N) is 1. The Kier molecular flexibility index (Phi) is 5.38. The van der Waals surface area contributed by atoms with E-state index in [9.17, 15) is 9.59 Å². The molecular formula is C18H23N3O2. The number of nitrogens with zero attached hydrogens (tertiary/aromatic N) is 2. The molecule has 1 aromatic carbocycles. The first-order valence-electron chi connectivity index (χ1n) is 8.07. The van der Waals surface area contributed by atoms with E-state index in [1.54, 1.807) is 43.0 Å². The van der Waals surface area contributed by atoms with E-state index >= 15 is 0 Å². The number of carbonyl (C=O) groups is 2. The quantitative estimate of drug-likeness (QED) is 0.872. The summed E-state index contributed by atoms with van der Waals surface area (Å²) in [6.45, 7) is 4.71. The van der Waals surface area contributed by atoms with Crippen molar-refractivity contribution < 1.29 is 9.59 Å². The van der Waals surface area contributed by atoms with E-state index in [1.165, 1.54) is 0 Å². The second-order valence-corrected chi connectivity index (χ2v) is 6.44. The number of hydrogen-bond donors (Lipinski definition) is 1. The molecule has 0 aliphatic carbocycles. The number of benzene rings is 1. The van der Waals surface area contributed by atoms with Gasteiger partial charge in [0.05, 0.1) is 11.3 Å². The minimum atomic E-state index is -1.16. The normalized spacial score (nSPS) is 15.4. The Balaban J connectivity index is 2.13. The van der Waals surface area contributed by atoms with Crippen LogP contribution in [0.3, 0.4) is 0 Å². The van der Waals surface area contributed by atoms with Crippen molar-refractivity contribution in [3.63, 3.8) is 0 Å². The number of carbonyl (C=O) groups excluding carboxylic acids is 2. The first-order valence-corrected chi connectivity index (χ1v) is 8.07. The van der Waals surface area contributed by atoms with Crippen LogP contribution in [-0.2, 0) is 9.59 Å². The Hall–Kier alpha value is -2.35. The highest BCUT2D eigenvalue weighted by atomic mass is 16.2. The summed E-state index contributed by atoms with van der Waals surface area (Å²) in [6, 6.07) is 8.84. The summed E-state index contributed by atoms with van der Waals surface area (Å²) in [5.74, 6) is -0.527. The van der Waals surface area contributed by atoms with Gasteiger partial charge in [0.2, 0.25) is 11.8 Å². The lowest BCUT2D eigenvalue weighted by Crippen LogP contribution is -2.47. The molecule has 1 saturated heterocycles. The number of hydrogen-bond acceptors (Lipinski definition) is 3. The zero-order chi connectivity index (χ0) is 16.9. The van der Waals surface area contributed by atoms with Crippen molar-refractivity contribution in [2.24, 2.45) is 5.41 Å². The van der Waals surface area contributed by atoms with Gasteiger partial charge < -0.3 is 10.2 Å². The van der Waals surface area contributed by atoms with Crippen LogP contribution < -0.4 is 5.32 Å². The number of rotatable bonds is 3. The van der Waals surface area contributed by atoms with Crippen LogP contribution in [0.5, 0.6) is 0 Å². The second kappa shape index (κ2) is 7.28. The first-order chi connectivity index (χ1) is 11.0. The van der Waals surface area contributed by atoms with E-state index in [0.29, 0.717) is 24.3 Å². The molecule has 0 bridgehead atoms. The predicted octanol–water partition coefficient (Wildman–Crippen LogP) is 2.93. The molecule has 2 rings (SSSR count). The average molecular weight is 313 g/mol. The van der Waals surface area contributed by atoms with Crippen molar-refractivity contribution in [1.29, 1.82) is 5.26 Å². The molecule has 1 N–H and O–H groups in total. The van der Waals surface area contributed by atoms with Gasteiger partial charge in [0.1, 0.15) is 11.5 Å². The van der Waals surface area contributed by atoms with Crippen molar-refractivity contribution in [3.8, 4) is 6.07 Å². The number of anilines is 1. The van der Waals surface area contributed by atoms with Gasteiger partial charge in [-0.05, 0) is 38.8 Å². The molecule has 0 saturated carbocycles. The minimum absolute atomic E-state index is 0.147. The molecule has 1 aliphatic heterocycles. The molecular weight excluding hydrogens is 290 g/mol. The first kappa shape index (κ1) is 17.0. The van der Waals surface area contributed by atoms with Crippen molar-refractivity contribution in [2.45, 2.75) is 39.5 Å². The van der Waals surface area contributed by atoms with Gasteiger partial charge in [-0.1, -0.05) is 25.0 Å². The maximum atomic E-state index is 12.8. The van der Waals surface area contributed by atoms with Gasteiger partial charge in [0.25, 0.3) is 0 Å². The van der Waals surface area contributed by atoms with E-state index in [0.717, 1.165) is 25.7 Å². The van der Waals surface area contributed by atoms with Crippen molar-refractivity contribution in [1.82, 2.24) is 4.90 Å². The van der Waals surface area contributed by atoms with Crippen LogP contribution in [-0.4, -0.2) is 29.8 Å². The standard InChI is InChI=1S/C18H23N3O2/c1-18(2,17(23)21-11-7-3-4-8-12-21)16(22)20-15-10-6-5-9-14(15)13-19/h5-6,9-10H,3-4,7-8,11-12H2,1-2H3,(H,20,22). The van der Waals surface area contributed by atoms with Gasteiger partial charge in [0, 0.05) is 13.1 Å². The largest absolute Gasteiger partial charge is 0.342 e. The highest BCUT2D eigenvalue weighted by molar-refractivity contribution is 6.10. The molecule has 0 radical (unpaired) electrons. The molecule has 5 nitrogen and oxygen atoms in total. The summed E-state index contributed by atoms with van der Waals surface area (Å²) in [5.41, 5.74) is -0.331. The Bertz CT molecular complexity index is 623. The zero-order valence-corrected chi connectivity index (χ0v) is 13.8. The zero-order valence-electron chi connectivity index (χ0n) is 13.8. The third kappa shape index (κ3) is 3.89. The third-order valence-electron chi connectivity index (χ3n) is 4.29. The topological polar surface area (TPSA) is 73.2 Å². The van der Waals surface area contributed by atoms with Crippen LogP contribution in [0.15, 0.2) is 24.3 Å². The van der Waals surface area contributed by atoms with Crippen LogP contribution in [0.1, 0.15) is 45.1 Å². The smallest absolute Gasteiger partial charge is 0.239 e. The SMILES string of the molecule is CC(C)(C(=O)Nc1ccccc1C#N)C(=O)N1CCCCCC1. The molecule has 1 heterocycles. The summed E-state index contributed by atoms with van der Waals surface area (Å²) in [6.07, 6.45) is 4.24. The maximum absolute atomic E-state index is 12.8. The fourth-order valence-corrected chi connectivity index (χ4v) is 2.73. The second-order valence-electron chi connectivity index (χ2n) is 6.44. The molecule has 1 aromatic rings. The third-order valence-corrected chi connectivity index (χ3v) is 4.29. The van der Waals surface area contributed by atoms with Gasteiger partial charge >= 0.3 is 0 Å². The molecule has 0 atom stereocenters. The van der Waals surface area contributed by atoms with E-state index in [-0.39, 0.29) is 11.8 Å². The summed E-state index contributed by atoms with van der Waals surface area (Å²) in [4.78, 5) is 27.2. The van der Waals surface area contributed by atoms with Crippen molar-refractivity contribution in [3.05, 3.63) is 29.8 Å². The lowest BCUT2D eigenvalue weighted by Gasteiger charge is -2.30. The molecule has 0 aromatic heterocycles. The van der Waals surface area contributed by atoms with E-state index in [1.807, 2.05) is 6.07 Å². The van der Waals surface area contributed by atoms with Crippen LogP contribution in [0.2, 0.25) is 0 Å². The fourth-order valence-electron chi connectivity index (χ4n) is 2.73. The van der Waals surface area contributed by atoms with Crippen LogP contribution in [0.25, 0.3) is 0 Å². The predicted molar refractivity (Wildman–Crippen MR) is 88.6 cm³/mol. The fraction of sp³-hybridized carbons (Fsp3) is 0.500. The highest BCUT2D eigenvalue weighted by Gasteiger charge is 2.39. The summed E-state index contributed by atoms with van der Waals surface area (Å²) in [5, 5.41) is 11.8. The van der Waals surface area contributed by atoms with Crippen LogP contribution in [0, 0.1) is 16.7 Å². The molecule has 23 heavy (non-hydrogen) atoms. The van der Waals surface area contributed by atoms with Gasteiger partial charge in [-0.25, -0.2) is 0 Å². The number of amides is 2. The number of para-hydroxylation sites is 1. The summed E-state index contributed by atoms with van der Waals surface area (Å²) in [7, 11) is 0. The van der Waals surface area contributed by atoms with E-state index < -0.39 is 5.41 Å². The molecule has 122 valence electrons. The molecule has 5 heteroatoms. The lowest BCUT2D eigenvalue weighted by atomic mass is 9.89. The molecule has 0 spiro atoms. The number of likely N-dealkylation sites (tertiary alicyclic amines) is 1. The van der Waals surface area contributed by atoms with Crippen molar-refractivity contribution >= 4 is 17.5 Å². The monoisotopic (exact) mass is 313 g/mol. The van der Waals surface area contributed by atoms with Crippen LogP contribution >= 0.6 is 0 Å². The van der Waals surface area contributed by atoms with Gasteiger partial charge in [-0.15, -0.1) is 0 Å². The van der Waals surface area contributed by atoms with Gasteiger partial charge in [-0.3, -0.25) is 9.59 Å². The van der Waals surface area contributed by atoms with E-state index in [4.69, 9.17) is 5.26 Å². The Morgan fingerprint density at radius 2 is 1.74 bits per heavy atom. The summed E-state index contributed by atoms with van der Waals surface area (Å²) < 4.78 is 0. The van der Waals surface area contributed by atoms with Crippen LogP contribution in [0.4, 0.5) is 5.69 Å². The van der Waals surface area contributed by atoms with Crippen molar-refractivity contribution in [2.75, 3.05) is 18.4 Å². The minimum Gasteiger partial charge on any atom is -0.342 e. The molecule has 1 fully saturated rings. The lowest BCUT2D eigenvalue weighted by molar-refractivity contribution is -0.146.